The van der Waals surface area contributed by atoms with Crippen LogP contribution in [-0.2, 0) is 25.5 Å². The van der Waals surface area contributed by atoms with Crippen molar-refractivity contribution in [3.05, 3.63) is 29.8 Å². The van der Waals surface area contributed by atoms with Gasteiger partial charge in [0.15, 0.2) is 6.61 Å². The van der Waals surface area contributed by atoms with Crippen LogP contribution < -0.4 is 10.2 Å². The van der Waals surface area contributed by atoms with Gasteiger partial charge < -0.3 is 15.0 Å². The molecule has 1 aliphatic carbocycles. The molecule has 0 unspecified atom stereocenters. The average Bonchev–Trinajstić information content (AvgIpc) is 2.99. The van der Waals surface area contributed by atoms with E-state index in [0.717, 1.165) is 48.3 Å². The first-order chi connectivity index (χ1) is 14.5. The Balaban J connectivity index is 1.27. The number of hydrogen-bond donors (Lipinski definition) is 1. The number of benzene rings is 1. The number of hydrogen-bond acceptors (Lipinski definition) is 5. The van der Waals surface area contributed by atoms with Gasteiger partial charge in [0, 0.05) is 18.8 Å². The van der Waals surface area contributed by atoms with E-state index in [1.165, 1.54) is 0 Å². The first-order valence-electron chi connectivity index (χ1n) is 10.7. The molecule has 160 valence electrons. The molecule has 4 amide bonds. The summed E-state index contributed by atoms with van der Waals surface area (Å²) in [5.41, 5.74) is 1.18. The summed E-state index contributed by atoms with van der Waals surface area (Å²) in [7, 11) is 0. The molecule has 2 fully saturated rings. The third kappa shape index (κ3) is 3.91. The Morgan fingerprint density at radius 3 is 2.63 bits per heavy atom. The molecule has 2 heterocycles. The van der Waals surface area contributed by atoms with Gasteiger partial charge in [-0.3, -0.25) is 19.3 Å². The van der Waals surface area contributed by atoms with Crippen molar-refractivity contribution in [2.45, 2.75) is 56.9 Å². The van der Waals surface area contributed by atoms with Gasteiger partial charge in [0.05, 0.1) is 6.42 Å². The summed E-state index contributed by atoms with van der Waals surface area (Å²) in [6, 6.07) is 7.27. The minimum Gasteiger partial charge on any atom is -0.455 e. The van der Waals surface area contributed by atoms with E-state index in [1.807, 2.05) is 24.3 Å². The number of esters is 1. The molecule has 3 aliphatic rings. The van der Waals surface area contributed by atoms with Crippen LogP contribution in [0.25, 0.3) is 0 Å². The molecule has 4 rings (SSSR count). The number of carbonyl (C=O) groups excluding carboxylic acids is 4. The number of fused-ring (bicyclic) bond motifs is 1. The fraction of sp³-hybridized carbons (Fsp3) is 0.545. The maximum absolute atomic E-state index is 12.7. The number of para-hydroxylation sites is 1. The van der Waals surface area contributed by atoms with E-state index in [0.29, 0.717) is 19.4 Å². The second-order valence-corrected chi connectivity index (χ2v) is 8.22. The van der Waals surface area contributed by atoms with E-state index < -0.39 is 17.5 Å². The van der Waals surface area contributed by atoms with Crippen molar-refractivity contribution < 1.29 is 23.9 Å². The molecule has 0 aromatic heterocycles. The molecule has 30 heavy (non-hydrogen) atoms. The summed E-state index contributed by atoms with van der Waals surface area (Å²) in [6.07, 6.45) is 5.82. The van der Waals surface area contributed by atoms with E-state index in [9.17, 15) is 19.2 Å². The molecule has 1 aromatic rings. The van der Waals surface area contributed by atoms with Crippen LogP contribution >= 0.6 is 0 Å². The molecular formula is C22H27N3O5. The third-order valence-electron chi connectivity index (χ3n) is 6.26. The molecule has 1 aromatic carbocycles. The molecule has 1 N–H and O–H groups in total. The van der Waals surface area contributed by atoms with Crippen LogP contribution in [0.5, 0.6) is 0 Å². The molecule has 1 spiro atoms. The number of nitrogens with one attached hydrogen (secondary N) is 1. The fourth-order valence-electron chi connectivity index (χ4n) is 4.66. The van der Waals surface area contributed by atoms with Crippen molar-refractivity contribution in [1.29, 1.82) is 0 Å². The maximum atomic E-state index is 12.7. The predicted octanol–water partition coefficient (Wildman–Crippen LogP) is 2.15. The van der Waals surface area contributed by atoms with Crippen molar-refractivity contribution in [1.82, 2.24) is 10.2 Å². The molecule has 8 nitrogen and oxygen atoms in total. The first-order valence-corrected chi connectivity index (χ1v) is 10.7. The first kappa shape index (κ1) is 20.4. The SMILES string of the molecule is O=C(CCN1C(=O)NC2(CCCCC2)C1=O)OCC(=O)N1CCCc2ccccc21. The van der Waals surface area contributed by atoms with Gasteiger partial charge >= 0.3 is 12.0 Å². The Kier molecular flexibility index (Phi) is 5.74. The molecule has 0 radical (unpaired) electrons. The van der Waals surface area contributed by atoms with Crippen LogP contribution in [0.15, 0.2) is 24.3 Å². The highest BCUT2D eigenvalue weighted by Crippen LogP contribution is 2.33. The van der Waals surface area contributed by atoms with E-state index in [-0.39, 0.29) is 31.4 Å². The molecular weight excluding hydrogens is 386 g/mol. The molecule has 8 heteroatoms. The van der Waals surface area contributed by atoms with Crippen molar-refractivity contribution in [2.24, 2.45) is 0 Å². The van der Waals surface area contributed by atoms with Crippen molar-refractivity contribution in [2.75, 3.05) is 24.6 Å². The highest BCUT2D eigenvalue weighted by Gasteiger charge is 2.51. The van der Waals surface area contributed by atoms with Gasteiger partial charge in [-0.05, 0) is 37.3 Å². The van der Waals surface area contributed by atoms with Gasteiger partial charge in [-0.2, -0.15) is 0 Å². The standard InChI is InChI=1S/C22H27N3O5/c26-18(24-13-6-8-16-7-2-3-9-17(16)24)15-30-19(27)10-14-25-20(28)22(23-21(25)29)11-4-1-5-12-22/h2-3,7,9H,1,4-6,8,10-15H2,(H,23,29). The van der Waals surface area contributed by atoms with Gasteiger partial charge in [-0.15, -0.1) is 0 Å². The van der Waals surface area contributed by atoms with Crippen LogP contribution in [0.1, 0.15) is 50.5 Å². The van der Waals surface area contributed by atoms with Crippen LogP contribution in [0, 0.1) is 0 Å². The second kappa shape index (κ2) is 8.45. The summed E-state index contributed by atoms with van der Waals surface area (Å²) < 4.78 is 5.14. The topological polar surface area (TPSA) is 96.0 Å². The number of carbonyl (C=O) groups is 4. The zero-order valence-corrected chi connectivity index (χ0v) is 17.0. The number of amides is 4. The minimum atomic E-state index is -0.795. The van der Waals surface area contributed by atoms with Gasteiger partial charge in [-0.1, -0.05) is 37.5 Å². The van der Waals surface area contributed by atoms with Crippen molar-refractivity contribution >= 4 is 29.5 Å². The molecule has 0 bridgehead atoms. The molecule has 0 atom stereocenters. The lowest BCUT2D eigenvalue weighted by Gasteiger charge is -2.30. The number of nitrogens with zero attached hydrogens (tertiary/aromatic N) is 2. The third-order valence-corrected chi connectivity index (χ3v) is 6.26. The van der Waals surface area contributed by atoms with Crippen molar-refractivity contribution in [3.63, 3.8) is 0 Å². The Bertz CT molecular complexity index is 862. The van der Waals surface area contributed by atoms with Gasteiger partial charge in [-0.25, -0.2) is 4.79 Å². The van der Waals surface area contributed by atoms with Crippen molar-refractivity contribution in [3.8, 4) is 0 Å². The lowest BCUT2D eigenvalue weighted by atomic mass is 9.82. The number of anilines is 1. The van der Waals surface area contributed by atoms with E-state index in [4.69, 9.17) is 4.74 Å². The van der Waals surface area contributed by atoms with E-state index >= 15 is 0 Å². The fourth-order valence-corrected chi connectivity index (χ4v) is 4.66. The smallest absolute Gasteiger partial charge is 0.325 e. The Morgan fingerprint density at radius 2 is 1.83 bits per heavy atom. The number of ether oxygens (including phenoxy) is 1. The minimum absolute atomic E-state index is 0.0357. The predicted molar refractivity (Wildman–Crippen MR) is 109 cm³/mol. The molecule has 1 saturated heterocycles. The Morgan fingerprint density at radius 1 is 1.07 bits per heavy atom. The quantitative estimate of drug-likeness (QED) is 0.589. The summed E-state index contributed by atoms with van der Waals surface area (Å²) >= 11 is 0. The highest BCUT2D eigenvalue weighted by molar-refractivity contribution is 6.07. The summed E-state index contributed by atoms with van der Waals surface area (Å²) in [4.78, 5) is 52.4. The maximum Gasteiger partial charge on any atom is 0.325 e. The average molecular weight is 413 g/mol. The van der Waals surface area contributed by atoms with E-state index in [2.05, 4.69) is 5.32 Å². The summed E-state index contributed by atoms with van der Waals surface area (Å²) in [6.45, 7) is 0.209. The highest BCUT2D eigenvalue weighted by atomic mass is 16.5. The monoisotopic (exact) mass is 413 g/mol. The molecule has 2 aliphatic heterocycles. The van der Waals surface area contributed by atoms with Crippen LogP contribution in [0.4, 0.5) is 10.5 Å². The number of imide groups is 1. The van der Waals surface area contributed by atoms with Gasteiger partial charge in [0.25, 0.3) is 11.8 Å². The number of rotatable bonds is 5. The Hall–Kier alpha value is -2.90. The lowest BCUT2D eigenvalue weighted by molar-refractivity contribution is -0.148. The van der Waals surface area contributed by atoms with Gasteiger partial charge in [0.2, 0.25) is 0 Å². The molecule has 1 saturated carbocycles. The van der Waals surface area contributed by atoms with E-state index in [1.54, 1.807) is 4.90 Å². The zero-order chi connectivity index (χ0) is 21.1. The number of urea groups is 1. The zero-order valence-electron chi connectivity index (χ0n) is 17.0. The van der Waals surface area contributed by atoms with Gasteiger partial charge in [0.1, 0.15) is 5.54 Å². The van der Waals surface area contributed by atoms with Crippen LogP contribution in [0.2, 0.25) is 0 Å². The summed E-state index contributed by atoms with van der Waals surface area (Å²) in [5, 5.41) is 2.82. The second-order valence-electron chi connectivity index (χ2n) is 8.22. The number of aryl methyl sites for hydroxylation is 1. The normalized spacial score (nSPS) is 20.1. The Labute approximate surface area is 175 Å². The summed E-state index contributed by atoms with van der Waals surface area (Å²) in [5.74, 6) is -1.12. The largest absolute Gasteiger partial charge is 0.455 e. The lowest BCUT2D eigenvalue weighted by Crippen LogP contribution is -2.48. The van der Waals surface area contributed by atoms with Crippen LogP contribution in [-0.4, -0.2) is 54.0 Å². The van der Waals surface area contributed by atoms with Crippen LogP contribution in [0.3, 0.4) is 0 Å².